The van der Waals surface area contributed by atoms with E-state index in [-0.39, 0.29) is 0 Å². The summed E-state index contributed by atoms with van der Waals surface area (Å²) in [5.41, 5.74) is 15.5. The van der Waals surface area contributed by atoms with Gasteiger partial charge >= 0.3 is 0 Å². The van der Waals surface area contributed by atoms with Crippen molar-refractivity contribution in [2.75, 3.05) is 4.90 Å². The zero-order valence-corrected chi connectivity index (χ0v) is 32.8. The fourth-order valence-corrected chi connectivity index (χ4v) is 9.16. The van der Waals surface area contributed by atoms with Crippen molar-refractivity contribution in [2.45, 2.75) is 6.92 Å². The number of fused-ring (bicyclic) bond motifs is 5. The van der Waals surface area contributed by atoms with Gasteiger partial charge in [0.05, 0.1) is 11.0 Å². The molecule has 0 spiro atoms. The van der Waals surface area contributed by atoms with Crippen molar-refractivity contribution >= 4 is 60.4 Å². The summed E-state index contributed by atoms with van der Waals surface area (Å²) in [6.07, 6.45) is 0. The quantitative estimate of drug-likeness (QED) is 0.147. The zero-order valence-electron chi connectivity index (χ0n) is 32.8. The molecule has 0 saturated carbocycles. The van der Waals surface area contributed by atoms with E-state index in [0.717, 1.165) is 22.7 Å². The molecule has 2 nitrogen and oxygen atoms in total. The van der Waals surface area contributed by atoms with Gasteiger partial charge in [-0.1, -0.05) is 164 Å². The van der Waals surface area contributed by atoms with Gasteiger partial charge in [-0.3, -0.25) is 0 Å². The molecule has 0 fully saturated rings. The zero-order chi connectivity index (χ0) is 39.3. The predicted molar refractivity (Wildman–Crippen MR) is 252 cm³/mol. The number of hydrogen-bond donors (Lipinski definition) is 0. The first-order chi connectivity index (χ1) is 29.2. The van der Waals surface area contributed by atoms with E-state index >= 15 is 0 Å². The van der Waals surface area contributed by atoms with Crippen LogP contribution in [-0.2, 0) is 0 Å². The molecule has 1 heterocycles. The first-order valence-corrected chi connectivity index (χ1v) is 20.3. The Kier molecular flexibility index (Phi) is 8.41. The maximum absolute atomic E-state index is 2.41. The van der Waals surface area contributed by atoms with Crippen LogP contribution in [0.25, 0.3) is 82.4 Å². The fraction of sp³-hybridized carbons (Fsp3) is 0.0175. The van der Waals surface area contributed by atoms with Crippen LogP contribution in [0.4, 0.5) is 17.1 Å². The van der Waals surface area contributed by atoms with Gasteiger partial charge in [0.15, 0.2) is 0 Å². The molecule has 2 heteroatoms. The van der Waals surface area contributed by atoms with Gasteiger partial charge < -0.3 is 9.47 Å². The van der Waals surface area contributed by atoms with Crippen molar-refractivity contribution in [3.63, 3.8) is 0 Å². The molecule has 278 valence electrons. The summed E-state index contributed by atoms with van der Waals surface area (Å²) in [4.78, 5) is 2.35. The normalized spacial score (nSPS) is 11.5. The van der Waals surface area contributed by atoms with E-state index in [2.05, 4.69) is 241 Å². The second-order valence-corrected chi connectivity index (χ2v) is 15.4. The number of aryl methyl sites for hydroxylation is 1. The third-order valence-electron chi connectivity index (χ3n) is 11.8. The van der Waals surface area contributed by atoms with Gasteiger partial charge in [-0.25, -0.2) is 0 Å². The van der Waals surface area contributed by atoms with Crippen molar-refractivity contribution in [2.24, 2.45) is 0 Å². The second-order valence-electron chi connectivity index (χ2n) is 15.4. The van der Waals surface area contributed by atoms with Crippen molar-refractivity contribution in [3.05, 3.63) is 230 Å². The molecule has 0 amide bonds. The van der Waals surface area contributed by atoms with Gasteiger partial charge in [0.25, 0.3) is 0 Å². The Morgan fingerprint density at radius 1 is 0.305 bits per heavy atom. The molecule has 11 rings (SSSR count). The summed E-state index contributed by atoms with van der Waals surface area (Å²) < 4.78 is 2.41. The van der Waals surface area contributed by atoms with Crippen LogP contribution in [-0.4, -0.2) is 4.57 Å². The summed E-state index contributed by atoms with van der Waals surface area (Å²) in [5, 5.41) is 7.47. The summed E-state index contributed by atoms with van der Waals surface area (Å²) in [7, 11) is 0. The minimum absolute atomic E-state index is 1.13. The highest BCUT2D eigenvalue weighted by Crippen LogP contribution is 2.45. The van der Waals surface area contributed by atoms with Crippen LogP contribution >= 0.6 is 0 Å². The van der Waals surface area contributed by atoms with Crippen molar-refractivity contribution in [1.82, 2.24) is 4.57 Å². The van der Waals surface area contributed by atoms with E-state index in [1.54, 1.807) is 0 Å². The molecule has 0 aliphatic carbocycles. The van der Waals surface area contributed by atoms with E-state index in [4.69, 9.17) is 0 Å². The van der Waals surface area contributed by atoms with E-state index in [0.29, 0.717) is 0 Å². The molecular weight excluding hydrogens is 713 g/mol. The highest BCUT2D eigenvalue weighted by atomic mass is 15.1. The smallest absolute Gasteiger partial charge is 0.0542 e. The molecule has 0 N–H and O–H groups in total. The minimum Gasteiger partial charge on any atom is -0.310 e. The van der Waals surface area contributed by atoms with Crippen molar-refractivity contribution < 1.29 is 0 Å². The van der Waals surface area contributed by atoms with E-state index in [1.165, 1.54) is 82.3 Å². The largest absolute Gasteiger partial charge is 0.310 e. The molecule has 0 atom stereocenters. The standard InChI is InChI=1S/C57H40N2/c1-39-15-14-20-46(37-39)58(44-18-6-3-7-19-44)47-35-36-55-53(38-47)48-21-12-13-26-54(48)59(55)45-33-31-43(32-34-45)57-51-24-10-8-22-49(51)56(50-23-9-11-25-52(50)57)42-29-27-41(28-30-42)40-16-4-2-5-17-40/h2-38H,1H3. The lowest BCUT2D eigenvalue weighted by Gasteiger charge is -2.26. The molecule has 0 saturated heterocycles. The van der Waals surface area contributed by atoms with Crippen LogP contribution in [0.3, 0.4) is 0 Å². The average molecular weight is 753 g/mol. The maximum atomic E-state index is 2.41. The molecule has 10 aromatic carbocycles. The third kappa shape index (κ3) is 5.97. The molecule has 11 aromatic rings. The molecule has 0 radical (unpaired) electrons. The second kappa shape index (κ2) is 14.4. The number of benzene rings is 10. The Balaban J connectivity index is 1.04. The van der Waals surface area contributed by atoms with Gasteiger partial charge in [-0.15, -0.1) is 0 Å². The highest BCUT2D eigenvalue weighted by molar-refractivity contribution is 6.21. The Labute approximate surface area is 344 Å². The molecule has 1 aromatic heterocycles. The van der Waals surface area contributed by atoms with Gasteiger partial charge in [0.1, 0.15) is 0 Å². The molecule has 0 unspecified atom stereocenters. The Morgan fingerprint density at radius 2 is 0.763 bits per heavy atom. The van der Waals surface area contributed by atoms with Crippen LogP contribution in [0.2, 0.25) is 0 Å². The van der Waals surface area contributed by atoms with E-state index < -0.39 is 0 Å². The van der Waals surface area contributed by atoms with Crippen LogP contribution in [0.5, 0.6) is 0 Å². The van der Waals surface area contributed by atoms with E-state index in [9.17, 15) is 0 Å². The lowest BCUT2D eigenvalue weighted by Crippen LogP contribution is -2.09. The van der Waals surface area contributed by atoms with E-state index in [1.807, 2.05) is 0 Å². The fourth-order valence-electron chi connectivity index (χ4n) is 9.16. The molecule has 0 aliphatic heterocycles. The van der Waals surface area contributed by atoms with Gasteiger partial charge in [0, 0.05) is 33.5 Å². The Hall–Kier alpha value is -7.68. The van der Waals surface area contributed by atoms with Gasteiger partial charge in [0.2, 0.25) is 0 Å². The Morgan fingerprint density at radius 3 is 1.37 bits per heavy atom. The lowest BCUT2D eigenvalue weighted by molar-refractivity contribution is 1.18. The van der Waals surface area contributed by atoms with Crippen LogP contribution < -0.4 is 4.90 Å². The SMILES string of the molecule is Cc1cccc(N(c2ccccc2)c2ccc3c(c2)c2ccccc2n3-c2ccc(-c3c4ccccc4c(-c4ccc(-c5ccccc5)cc4)c4ccccc34)cc2)c1. The van der Waals surface area contributed by atoms with Crippen LogP contribution in [0.15, 0.2) is 224 Å². The maximum Gasteiger partial charge on any atom is 0.0542 e. The van der Waals surface area contributed by atoms with Crippen molar-refractivity contribution in [3.8, 4) is 39.1 Å². The first kappa shape index (κ1) is 34.6. The Bertz CT molecular complexity index is 3250. The number of para-hydroxylation sites is 2. The predicted octanol–water partition coefficient (Wildman–Crippen LogP) is 15.9. The third-order valence-corrected chi connectivity index (χ3v) is 11.8. The monoisotopic (exact) mass is 752 g/mol. The summed E-state index contributed by atoms with van der Waals surface area (Å²) in [6, 6.07) is 81.7. The van der Waals surface area contributed by atoms with Gasteiger partial charge in [-0.05, 0) is 128 Å². The number of rotatable bonds is 7. The molecular formula is C57H40N2. The average Bonchev–Trinajstić information content (AvgIpc) is 3.63. The lowest BCUT2D eigenvalue weighted by atomic mass is 9.85. The van der Waals surface area contributed by atoms with Crippen LogP contribution in [0.1, 0.15) is 5.56 Å². The highest BCUT2D eigenvalue weighted by Gasteiger charge is 2.19. The number of aromatic nitrogens is 1. The number of anilines is 3. The van der Waals surface area contributed by atoms with Crippen LogP contribution in [0, 0.1) is 6.92 Å². The van der Waals surface area contributed by atoms with Crippen molar-refractivity contribution in [1.29, 1.82) is 0 Å². The molecule has 0 aliphatic rings. The number of nitrogens with zero attached hydrogens (tertiary/aromatic N) is 2. The summed E-state index contributed by atoms with van der Waals surface area (Å²) >= 11 is 0. The minimum atomic E-state index is 1.13. The topological polar surface area (TPSA) is 8.17 Å². The summed E-state index contributed by atoms with van der Waals surface area (Å²) in [5.74, 6) is 0. The summed E-state index contributed by atoms with van der Waals surface area (Å²) in [6.45, 7) is 2.15. The molecule has 0 bridgehead atoms. The van der Waals surface area contributed by atoms with Gasteiger partial charge in [-0.2, -0.15) is 0 Å². The molecule has 59 heavy (non-hydrogen) atoms. The first-order valence-electron chi connectivity index (χ1n) is 20.3. The number of hydrogen-bond acceptors (Lipinski definition) is 1.